The van der Waals surface area contributed by atoms with Crippen LogP contribution in [0.25, 0.3) is 0 Å². The third-order valence-electron chi connectivity index (χ3n) is 4.61. The Hall–Kier alpha value is -1.85. The van der Waals surface area contributed by atoms with E-state index in [9.17, 15) is 9.90 Å². The number of aryl methyl sites for hydroxylation is 3. The molecule has 1 unspecified atom stereocenters. The van der Waals surface area contributed by atoms with E-state index in [-0.39, 0.29) is 6.10 Å². The van der Waals surface area contributed by atoms with Gasteiger partial charge in [-0.3, -0.25) is 0 Å². The molecule has 0 radical (unpaired) electrons. The molecule has 2 rings (SSSR count). The smallest absolute Gasteiger partial charge is 0.347 e. The maximum absolute atomic E-state index is 11.3. The molecule has 0 saturated heterocycles. The molecule has 0 heterocycles. The zero-order valence-corrected chi connectivity index (χ0v) is 18.1. The Morgan fingerprint density at radius 2 is 1.70 bits per heavy atom. The highest BCUT2D eigenvalue weighted by atomic mass is 79.9. The van der Waals surface area contributed by atoms with Crippen molar-refractivity contribution in [2.75, 3.05) is 7.11 Å². The maximum atomic E-state index is 11.3. The lowest BCUT2D eigenvalue weighted by Crippen LogP contribution is -2.38. The second-order valence-corrected chi connectivity index (χ2v) is 8.21. The van der Waals surface area contributed by atoms with Gasteiger partial charge in [0.15, 0.2) is 5.60 Å². The van der Waals surface area contributed by atoms with Crippen LogP contribution in [0.3, 0.4) is 0 Å². The van der Waals surface area contributed by atoms with Crippen LogP contribution in [-0.4, -0.2) is 23.8 Å². The van der Waals surface area contributed by atoms with Gasteiger partial charge < -0.3 is 14.6 Å². The van der Waals surface area contributed by atoms with E-state index in [4.69, 9.17) is 9.47 Å². The van der Waals surface area contributed by atoms with Gasteiger partial charge in [-0.25, -0.2) is 4.79 Å². The summed E-state index contributed by atoms with van der Waals surface area (Å²) in [5, 5.41) is 9.29. The minimum atomic E-state index is -1.26. The fraction of sp³-hybridized carbons (Fsp3) is 0.409. The number of halogens is 1. The molecule has 4 nitrogen and oxygen atoms in total. The van der Waals surface area contributed by atoms with E-state index in [0.717, 1.165) is 34.0 Å². The van der Waals surface area contributed by atoms with Crippen LogP contribution < -0.4 is 4.74 Å². The van der Waals surface area contributed by atoms with E-state index in [1.165, 1.54) is 5.56 Å². The van der Waals surface area contributed by atoms with Crippen LogP contribution in [0.4, 0.5) is 0 Å². The van der Waals surface area contributed by atoms with Gasteiger partial charge in [0, 0.05) is 11.6 Å². The summed E-state index contributed by atoms with van der Waals surface area (Å²) < 4.78 is 12.5. The summed E-state index contributed by atoms with van der Waals surface area (Å²) in [7, 11) is 1.73. The average Bonchev–Trinajstić information content (AvgIpc) is 2.60. The summed E-state index contributed by atoms with van der Waals surface area (Å²) in [6.07, 6.45) is 1.75. The third-order valence-corrected chi connectivity index (χ3v) is 5.14. The van der Waals surface area contributed by atoms with E-state index in [0.29, 0.717) is 5.75 Å². The van der Waals surface area contributed by atoms with Gasteiger partial charge in [-0.2, -0.15) is 0 Å². The minimum absolute atomic E-state index is 0.0283. The predicted molar refractivity (Wildman–Crippen MR) is 110 cm³/mol. The van der Waals surface area contributed by atoms with Crippen molar-refractivity contribution in [3.63, 3.8) is 0 Å². The van der Waals surface area contributed by atoms with Gasteiger partial charge in [0.05, 0.1) is 6.10 Å². The monoisotopic (exact) mass is 434 g/mol. The van der Waals surface area contributed by atoms with Crippen LogP contribution in [0.1, 0.15) is 48.6 Å². The number of rotatable bonds is 8. The Kier molecular flexibility index (Phi) is 7.06. The topological polar surface area (TPSA) is 55.8 Å². The zero-order valence-electron chi connectivity index (χ0n) is 16.5. The molecule has 0 fully saturated rings. The third kappa shape index (κ3) is 5.56. The zero-order chi connectivity index (χ0) is 20.2. The molecule has 5 heteroatoms. The lowest BCUT2D eigenvalue weighted by molar-refractivity contribution is -0.152. The van der Waals surface area contributed by atoms with Crippen molar-refractivity contribution in [1.82, 2.24) is 0 Å². The van der Waals surface area contributed by atoms with Gasteiger partial charge in [0.1, 0.15) is 5.75 Å². The first kappa shape index (κ1) is 21.5. The number of carbonyl (C=O) groups is 1. The van der Waals surface area contributed by atoms with Crippen LogP contribution in [0, 0.1) is 13.8 Å². The van der Waals surface area contributed by atoms with E-state index in [1.54, 1.807) is 21.0 Å². The van der Waals surface area contributed by atoms with Crippen molar-refractivity contribution < 1.29 is 19.4 Å². The first-order valence-electron chi connectivity index (χ1n) is 8.95. The molecule has 2 aromatic carbocycles. The average molecular weight is 435 g/mol. The first-order chi connectivity index (χ1) is 12.6. The lowest BCUT2D eigenvalue weighted by atomic mass is 9.98. The molecule has 0 saturated carbocycles. The quantitative estimate of drug-likeness (QED) is 0.584. The van der Waals surface area contributed by atoms with Crippen LogP contribution in [0.15, 0.2) is 40.9 Å². The van der Waals surface area contributed by atoms with E-state index in [2.05, 4.69) is 40.2 Å². The van der Waals surface area contributed by atoms with Gasteiger partial charge in [0.2, 0.25) is 0 Å². The molecule has 1 N–H and O–H groups in total. The molecular weight excluding hydrogens is 408 g/mol. The van der Waals surface area contributed by atoms with Gasteiger partial charge in [-0.15, -0.1) is 0 Å². The van der Waals surface area contributed by atoms with Crippen LogP contribution >= 0.6 is 15.9 Å². The second kappa shape index (κ2) is 8.89. The molecule has 0 aliphatic rings. The molecule has 0 bridgehead atoms. The summed E-state index contributed by atoms with van der Waals surface area (Å²) in [6, 6.07) is 12.3. The molecular formula is C22H27BrO4. The molecule has 0 aliphatic heterocycles. The number of carboxylic acid groups (broad SMARTS) is 1. The predicted octanol–water partition coefficient (Wildman–Crippen LogP) is 5.63. The molecule has 0 spiro atoms. The molecule has 1 atom stereocenters. The van der Waals surface area contributed by atoms with E-state index >= 15 is 0 Å². The summed E-state index contributed by atoms with van der Waals surface area (Å²) in [6.45, 7) is 7.02. The molecule has 0 amide bonds. The number of ether oxygens (including phenoxy) is 2. The largest absolute Gasteiger partial charge is 0.478 e. The van der Waals surface area contributed by atoms with Gasteiger partial charge in [-0.05, 0) is 74.9 Å². The van der Waals surface area contributed by atoms with Gasteiger partial charge >= 0.3 is 5.97 Å². The van der Waals surface area contributed by atoms with Crippen LogP contribution in [0.5, 0.6) is 5.75 Å². The highest BCUT2D eigenvalue weighted by Gasteiger charge is 2.30. The molecule has 0 aromatic heterocycles. The Morgan fingerprint density at radius 3 is 2.19 bits per heavy atom. The van der Waals surface area contributed by atoms with Crippen molar-refractivity contribution in [3.05, 3.63) is 63.1 Å². The lowest BCUT2D eigenvalue weighted by Gasteiger charge is -2.24. The van der Waals surface area contributed by atoms with E-state index in [1.807, 2.05) is 26.0 Å². The molecule has 27 heavy (non-hydrogen) atoms. The summed E-state index contributed by atoms with van der Waals surface area (Å²) in [5.41, 5.74) is 2.95. The Balaban J connectivity index is 2.13. The maximum Gasteiger partial charge on any atom is 0.347 e. The highest BCUT2D eigenvalue weighted by molar-refractivity contribution is 9.10. The van der Waals surface area contributed by atoms with Gasteiger partial charge in [-0.1, -0.05) is 40.2 Å². The van der Waals surface area contributed by atoms with Crippen LogP contribution in [0.2, 0.25) is 0 Å². The summed E-state index contributed by atoms with van der Waals surface area (Å²) >= 11 is 3.46. The van der Waals surface area contributed by atoms with Crippen molar-refractivity contribution in [2.45, 2.75) is 52.2 Å². The van der Waals surface area contributed by atoms with Crippen molar-refractivity contribution in [2.24, 2.45) is 0 Å². The van der Waals surface area contributed by atoms with E-state index < -0.39 is 11.6 Å². The first-order valence-corrected chi connectivity index (χ1v) is 9.74. The standard InChI is InChI=1S/C22H27BrO4/c1-14-12-16(13-15(2)20(14)27-22(3,4)21(24)25)6-11-19(26-5)17-7-9-18(23)10-8-17/h7-10,12-13,19H,6,11H2,1-5H3,(H,24,25). The Bertz CT molecular complexity index is 773. The SMILES string of the molecule is COC(CCc1cc(C)c(OC(C)(C)C(=O)O)c(C)c1)c1ccc(Br)cc1. The summed E-state index contributed by atoms with van der Waals surface area (Å²) in [5.74, 6) is -0.342. The normalized spacial score (nSPS) is 12.7. The highest BCUT2D eigenvalue weighted by Crippen LogP contribution is 2.30. The van der Waals surface area contributed by atoms with Crippen molar-refractivity contribution in [3.8, 4) is 5.75 Å². The molecule has 0 aliphatic carbocycles. The fourth-order valence-electron chi connectivity index (χ4n) is 3.04. The molecule has 146 valence electrons. The number of benzene rings is 2. The van der Waals surface area contributed by atoms with Crippen molar-refractivity contribution >= 4 is 21.9 Å². The number of hydrogen-bond donors (Lipinski definition) is 1. The number of methoxy groups -OCH3 is 1. The second-order valence-electron chi connectivity index (χ2n) is 7.29. The Morgan fingerprint density at radius 1 is 1.15 bits per heavy atom. The summed E-state index contributed by atoms with van der Waals surface area (Å²) in [4.78, 5) is 11.3. The number of aliphatic carboxylic acids is 1. The number of hydrogen-bond acceptors (Lipinski definition) is 3. The number of carboxylic acids is 1. The minimum Gasteiger partial charge on any atom is -0.478 e. The van der Waals surface area contributed by atoms with Crippen LogP contribution in [-0.2, 0) is 16.0 Å². The van der Waals surface area contributed by atoms with Gasteiger partial charge in [0.25, 0.3) is 0 Å². The Labute approximate surface area is 169 Å². The van der Waals surface area contributed by atoms with Crippen molar-refractivity contribution in [1.29, 1.82) is 0 Å². The molecule has 2 aromatic rings. The fourth-order valence-corrected chi connectivity index (χ4v) is 3.30.